The number of nitrogens with one attached hydrogen (secondary N) is 1. The van der Waals surface area contributed by atoms with Gasteiger partial charge < -0.3 is 14.8 Å². The van der Waals surface area contributed by atoms with Crippen LogP contribution < -0.4 is 10.1 Å². The zero-order valence-corrected chi connectivity index (χ0v) is 25.7. The highest BCUT2D eigenvalue weighted by Gasteiger charge is 2.24. The van der Waals surface area contributed by atoms with E-state index < -0.39 is 5.97 Å². The number of hydrogen-bond donors (Lipinski definition) is 1. The van der Waals surface area contributed by atoms with Gasteiger partial charge in [-0.25, -0.2) is 4.79 Å². The number of thioether (sulfide) groups is 1. The smallest absolute Gasteiger partial charge is 0.341 e. The average Bonchev–Trinajstić information content (AvgIpc) is 3.55. The standard InChI is InChI=1S/C31H34N4O4S2/c1-8-14-35-28(22(6)39-25-11-9-10-19(3)21(25)5)33-34-31(35)41-17-26(36)32-29-27(30(37)38-7)24(16-40-29)23-15-18(2)12-13-20(23)4/h8-13,15-16,22H,1,14,17H2,2-7H3,(H,32,36). The molecule has 0 fully saturated rings. The predicted octanol–water partition coefficient (Wildman–Crippen LogP) is 7.08. The summed E-state index contributed by atoms with van der Waals surface area (Å²) < 4.78 is 13.2. The molecule has 0 aliphatic carbocycles. The molecule has 2 heterocycles. The van der Waals surface area contributed by atoms with E-state index in [1.165, 1.54) is 30.2 Å². The van der Waals surface area contributed by atoms with Gasteiger partial charge in [-0.15, -0.1) is 28.1 Å². The van der Waals surface area contributed by atoms with Gasteiger partial charge in [0.05, 0.1) is 12.9 Å². The second kappa shape index (κ2) is 13.2. The number of benzene rings is 2. The van der Waals surface area contributed by atoms with Gasteiger partial charge in [-0.2, -0.15) is 0 Å². The van der Waals surface area contributed by atoms with Gasteiger partial charge in [0.1, 0.15) is 16.3 Å². The molecule has 4 aromatic rings. The molecule has 1 amide bonds. The summed E-state index contributed by atoms with van der Waals surface area (Å²) in [4.78, 5) is 25.8. The number of aryl methyl sites for hydroxylation is 3. The first-order valence-electron chi connectivity index (χ1n) is 13.1. The first-order chi connectivity index (χ1) is 19.6. The molecule has 4 rings (SSSR count). The van der Waals surface area contributed by atoms with Crippen molar-refractivity contribution in [3.05, 3.63) is 88.1 Å². The molecule has 0 saturated carbocycles. The Labute approximate surface area is 248 Å². The number of rotatable bonds is 11. The highest BCUT2D eigenvalue weighted by atomic mass is 32.2. The summed E-state index contributed by atoms with van der Waals surface area (Å²) in [6.07, 6.45) is 1.38. The van der Waals surface area contributed by atoms with Crippen LogP contribution in [0.15, 0.2) is 59.6 Å². The van der Waals surface area contributed by atoms with Gasteiger partial charge in [-0.1, -0.05) is 53.7 Å². The highest BCUT2D eigenvalue weighted by Crippen LogP contribution is 2.38. The number of thiophene rings is 1. The first-order valence-corrected chi connectivity index (χ1v) is 15.0. The molecule has 1 atom stereocenters. The maximum absolute atomic E-state index is 13.1. The summed E-state index contributed by atoms with van der Waals surface area (Å²) in [5, 5.41) is 14.5. The number of nitrogens with zero attached hydrogens (tertiary/aromatic N) is 3. The van der Waals surface area contributed by atoms with Gasteiger partial charge >= 0.3 is 5.97 Å². The Morgan fingerprint density at radius 1 is 1.12 bits per heavy atom. The number of methoxy groups -OCH3 is 1. The third-order valence-electron chi connectivity index (χ3n) is 6.73. The summed E-state index contributed by atoms with van der Waals surface area (Å²) in [7, 11) is 1.34. The van der Waals surface area contributed by atoms with Crippen molar-refractivity contribution < 1.29 is 19.1 Å². The molecular formula is C31H34N4O4S2. The van der Waals surface area contributed by atoms with Crippen molar-refractivity contribution in [3.8, 4) is 16.9 Å². The number of aromatic nitrogens is 3. The van der Waals surface area contributed by atoms with Crippen LogP contribution in [0.25, 0.3) is 11.1 Å². The van der Waals surface area contributed by atoms with Crippen LogP contribution in [-0.4, -0.2) is 39.5 Å². The molecule has 0 radical (unpaired) electrons. The van der Waals surface area contributed by atoms with Crippen molar-refractivity contribution in [2.75, 3.05) is 18.2 Å². The molecule has 0 aliphatic rings. The Kier molecular flexibility index (Phi) is 9.67. The third kappa shape index (κ3) is 6.71. The van der Waals surface area contributed by atoms with E-state index in [0.717, 1.165) is 39.1 Å². The molecule has 10 heteroatoms. The van der Waals surface area contributed by atoms with Crippen LogP contribution in [0.1, 0.15) is 51.5 Å². The minimum absolute atomic E-state index is 0.0683. The summed E-state index contributed by atoms with van der Waals surface area (Å²) in [5.74, 6) is 0.718. The van der Waals surface area contributed by atoms with Crippen LogP contribution in [0.5, 0.6) is 5.75 Å². The summed E-state index contributed by atoms with van der Waals surface area (Å²) in [6, 6.07) is 12.0. The Hall–Kier alpha value is -3.89. The number of allylic oxidation sites excluding steroid dienone is 1. The lowest BCUT2D eigenvalue weighted by molar-refractivity contribution is -0.113. The van der Waals surface area contributed by atoms with Crippen LogP contribution >= 0.6 is 23.1 Å². The van der Waals surface area contributed by atoms with E-state index in [2.05, 4.69) is 22.1 Å². The maximum atomic E-state index is 13.1. The Morgan fingerprint density at radius 2 is 1.90 bits per heavy atom. The fourth-order valence-electron chi connectivity index (χ4n) is 4.37. The fourth-order valence-corrected chi connectivity index (χ4v) is 6.09. The number of hydrogen-bond acceptors (Lipinski definition) is 8. The monoisotopic (exact) mass is 590 g/mol. The summed E-state index contributed by atoms with van der Waals surface area (Å²) in [5.41, 5.74) is 6.33. The predicted molar refractivity (Wildman–Crippen MR) is 165 cm³/mol. The van der Waals surface area contributed by atoms with Crippen molar-refractivity contribution in [1.82, 2.24) is 14.8 Å². The first kappa shape index (κ1) is 30.1. The molecular weight excluding hydrogens is 556 g/mol. The molecule has 2 aromatic heterocycles. The van der Waals surface area contributed by atoms with E-state index in [1.54, 1.807) is 6.08 Å². The molecule has 41 heavy (non-hydrogen) atoms. The number of ether oxygens (including phenoxy) is 2. The zero-order valence-electron chi connectivity index (χ0n) is 24.1. The lowest BCUT2D eigenvalue weighted by Gasteiger charge is -2.18. The second-order valence-electron chi connectivity index (χ2n) is 9.70. The molecule has 0 saturated heterocycles. The van der Waals surface area contributed by atoms with E-state index >= 15 is 0 Å². The van der Waals surface area contributed by atoms with E-state index in [9.17, 15) is 9.59 Å². The maximum Gasteiger partial charge on any atom is 0.341 e. The molecule has 0 spiro atoms. The van der Waals surface area contributed by atoms with Gasteiger partial charge in [0.15, 0.2) is 17.1 Å². The molecule has 2 aromatic carbocycles. The normalized spacial score (nSPS) is 11.7. The zero-order chi connectivity index (χ0) is 29.7. The van der Waals surface area contributed by atoms with Crippen molar-refractivity contribution in [1.29, 1.82) is 0 Å². The van der Waals surface area contributed by atoms with Crippen LogP contribution in [0.3, 0.4) is 0 Å². The topological polar surface area (TPSA) is 95.3 Å². The van der Waals surface area contributed by atoms with Crippen LogP contribution in [0.2, 0.25) is 0 Å². The number of amides is 1. The van der Waals surface area contributed by atoms with Crippen LogP contribution in [0, 0.1) is 27.7 Å². The van der Waals surface area contributed by atoms with E-state index in [1.807, 2.05) is 81.0 Å². The van der Waals surface area contributed by atoms with Crippen molar-refractivity contribution in [2.24, 2.45) is 0 Å². The van der Waals surface area contributed by atoms with Crippen molar-refractivity contribution in [2.45, 2.75) is 52.4 Å². The minimum Gasteiger partial charge on any atom is -0.482 e. The largest absolute Gasteiger partial charge is 0.482 e. The van der Waals surface area contributed by atoms with Gasteiger partial charge in [0.2, 0.25) is 5.91 Å². The quantitative estimate of drug-likeness (QED) is 0.113. The molecule has 0 aliphatic heterocycles. The Bertz CT molecular complexity index is 1590. The number of anilines is 1. The Morgan fingerprint density at radius 3 is 2.63 bits per heavy atom. The summed E-state index contributed by atoms with van der Waals surface area (Å²) in [6.45, 7) is 14.3. The Balaban J connectivity index is 1.51. The number of esters is 1. The molecule has 1 unspecified atom stereocenters. The SMILES string of the molecule is C=CCn1c(SCC(=O)Nc2scc(-c3cc(C)ccc3C)c2C(=O)OC)nnc1C(C)Oc1cccc(C)c1C. The third-order valence-corrected chi connectivity index (χ3v) is 8.59. The molecule has 0 bridgehead atoms. The van der Waals surface area contributed by atoms with Crippen LogP contribution in [-0.2, 0) is 16.1 Å². The molecule has 8 nitrogen and oxygen atoms in total. The average molecular weight is 591 g/mol. The molecule has 1 N–H and O–H groups in total. The summed E-state index contributed by atoms with van der Waals surface area (Å²) >= 11 is 2.55. The van der Waals surface area contributed by atoms with Crippen molar-refractivity contribution >= 4 is 40.0 Å². The van der Waals surface area contributed by atoms with E-state index in [0.29, 0.717) is 28.1 Å². The van der Waals surface area contributed by atoms with Gasteiger partial charge in [0, 0.05) is 17.5 Å². The van der Waals surface area contributed by atoms with E-state index in [4.69, 9.17) is 9.47 Å². The van der Waals surface area contributed by atoms with Crippen molar-refractivity contribution in [3.63, 3.8) is 0 Å². The lowest BCUT2D eigenvalue weighted by atomic mass is 9.97. The van der Waals surface area contributed by atoms with Gasteiger partial charge in [-0.05, 0) is 62.9 Å². The number of carbonyl (C=O) groups is 2. The fraction of sp³-hybridized carbons (Fsp3) is 0.290. The van der Waals surface area contributed by atoms with Gasteiger partial charge in [-0.3, -0.25) is 9.36 Å². The number of carbonyl (C=O) groups excluding carboxylic acids is 2. The van der Waals surface area contributed by atoms with E-state index in [-0.39, 0.29) is 17.8 Å². The van der Waals surface area contributed by atoms with Crippen LogP contribution in [0.4, 0.5) is 5.00 Å². The lowest BCUT2D eigenvalue weighted by Crippen LogP contribution is -2.17. The highest BCUT2D eigenvalue weighted by molar-refractivity contribution is 7.99. The molecule has 214 valence electrons. The minimum atomic E-state index is -0.502. The second-order valence-corrected chi connectivity index (χ2v) is 11.5. The van der Waals surface area contributed by atoms with Gasteiger partial charge in [0.25, 0.3) is 0 Å².